The van der Waals surface area contributed by atoms with E-state index in [1.54, 1.807) is 7.11 Å². The molecule has 0 aliphatic rings. The van der Waals surface area contributed by atoms with Gasteiger partial charge >= 0.3 is 0 Å². The molecule has 10 aromatic rings. The Morgan fingerprint density at radius 1 is 0.475 bits per heavy atom. The minimum absolute atomic E-state index is 0.678. The van der Waals surface area contributed by atoms with Crippen LogP contribution in [0.2, 0.25) is 0 Å². The van der Waals surface area contributed by atoms with Crippen LogP contribution in [0.15, 0.2) is 170 Å². The quantitative estimate of drug-likeness (QED) is 0.0786. The van der Waals surface area contributed by atoms with Crippen LogP contribution in [0.3, 0.4) is 0 Å². The minimum Gasteiger partial charge on any atom is -0.490 e. The van der Waals surface area contributed by atoms with E-state index in [0.29, 0.717) is 12.4 Å². The first-order chi connectivity index (χ1) is 30.0. The highest BCUT2D eigenvalue weighted by atomic mass is 16.5. The topological polar surface area (TPSA) is 52.0 Å². The number of pyridine rings is 2. The second kappa shape index (κ2) is 16.0. The van der Waals surface area contributed by atoms with Crippen molar-refractivity contribution in [2.24, 2.45) is 14.1 Å². The standard InChI is InChI=1S/C55H46N4O2/c1-5-6-33-61-50-30-28-41(45-24-16-32-59(3)54(45)50)51-39-21-13-14-22-40(39)52(42-27-29-49(60-4)53-44(42)23-15-31-58(53)2)46-34-38(25-26-43(46)51)48-35-47(36-17-9-7-10-18-36)56-55(57-48)37-19-11-8-12-20-37/h7-32,34-35H,5-6,33H2,1-4H3/q+2. The molecular formula is C55H46N4O2+2. The van der Waals surface area contributed by atoms with Gasteiger partial charge < -0.3 is 9.47 Å². The fourth-order valence-corrected chi connectivity index (χ4v) is 8.96. The highest BCUT2D eigenvalue weighted by Gasteiger charge is 2.25. The predicted molar refractivity (Wildman–Crippen MR) is 249 cm³/mol. The number of aromatic nitrogens is 4. The third-order valence-corrected chi connectivity index (χ3v) is 11.9. The highest BCUT2D eigenvalue weighted by Crippen LogP contribution is 2.48. The summed E-state index contributed by atoms with van der Waals surface area (Å²) in [7, 11) is 5.93. The fraction of sp³-hybridized carbons (Fsp3) is 0.127. The largest absolute Gasteiger partial charge is 0.490 e. The number of hydrogen-bond acceptors (Lipinski definition) is 4. The average Bonchev–Trinajstić information content (AvgIpc) is 3.31. The Kier molecular flexibility index (Phi) is 9.89. The molecule has 0 atom stereocenters. The SMILES string of the molecule is CCCCOc1ccc(-c2c3ccccc3c(-c3ccc(OC)c4c3ccc[n+]4C)c3cc(-c4cc(-c5ccccc5)nc(-c5ccccc5)n4)ccc23)c2ccc[n+](C)c12. The molecule has 0 spiro atoms. The Morgan fingerprint density at radius 2 is 1.00 bits per heavy atom. The zero-order valence-electron chi connectivity index (χ0n) is 34.9. The zero-order valence-corrected chi connectivity index (χ0v) is 34.9. The molecule has 6 nitrogen and oxygen atoms in total. The first kappa shape index (κ1) is 37.8. The maximum atomic E-state index is 6.46. The van der Waals surface area contributed by atoms with Crippen molar-refractivity contribution in [2.45, 2.75) is 19.8 Å². The molecule has 0 saturated heterocycles. The molecule has 0 unspecified atom stereocenters. The lowest BCUT2D eigenvalue weighted by atomic mass is 9.83. The van der Waals surface area contributed by atoms with E-state index in [1.165, 1.54) is 10.9 Å². The molecule has 0 aliphatic carbocycles. The molecule has 0 bridgehead atoms. The Morgan fingerprint density at radius 3 is 1.62 bits per heavy atom. The zero-order chi connectivity index (χ0) is 41.5. The van der Waals surface area contributed by atoms with Gasteiger partial charge in [-0.1, -0.05) is 110 Å². The van der Waals surface area contributed by atoms with Gasteiger partial charge in [0.15, 0.2) is 29.7 Å². The summed E-state index contributed by atoms with van der Waals surface area (Å²) in [5.74, 6) is 2.41. The van der Waals surface area contributed by atoms with E-state index in [1.807, 2.05) is 24.3 Å². The monoisotopic (exact) mass is 794 g/mol. The van der Waals surface area contributed by atoms with Gasteiger partial charge in [0, 0.05) is 28.8 Å². The van der Waals surface area contributed by atoms with Crippen molar-refractivity contribution in [1.82, 2.24) is 9.97 Å². The van der Waals surface area contributed by atoms with E-state index in [2.05, 4.69) is 176 Å². The second-order valence-corrected chi connectivity index (χ2v) is 15.6. The lowest BCUT2D eigenvalue weighted by Gasteiger charge is -2.20. The van der Waals surface area contributed by atoms with Crippen molar-refractivity contribution in [1.29, 1.82) is 0 Å². The molecule has 0 aliphatic heterocycles. The molecular weight excluding hydrogens is 749 g/mol. The van der Waals surface area contributed by atoms with Gasteiger partial charge in [-0.3, -0.25) is 0 Å². The number of unbranched alkanes of at least 4 members (excludes halogenated alkanes) is 1. The predicted octanol–water partition coefficient (Wildman–Crippen LogP) is 12.3. The van der Waals surface area contributed by atoms with E-state index < -0.39 is 0 Å². The van der Waals surface area contributed by atoms with E-state index >= 15 is 0 Å². The van der Waals surface area contributed by atoms with Crippen LogP contribution in [0.5, 0.6) is 11.5 Å². The minimum atomic E-state index is 0.678. The number of nitrogens with zero attached hydrogens (tertiary/aromatic N) is 4. The second-order valence-electron chi connectivity index (χ2n) is 15.6. The van der Waals surface area contributed by atoms with Gasteiger partial charge in [-0.2, -0.15) is 9.13 Å². The van der Waals surface area contributed by atoms with Gasteiger partial charge in [0.25, 0.3) is 11.0 Å². The maximum Gasteiger partial charge on any atom is 0.255 e. The van der Waals surface area contributed by atoms with E-state index in [4.69, 9.17) is 19.4 Å². The molecule has 0 radical (unpaired) electrons. The summed E-state index contributed by atoms with van der Waals surface area (Å²) in [6.07, 6.45) is 6.26. The number of aryl methyl sites for hydroxylation is 2. The summed E-state index contributed by atoms with van der Waals surface area (Å²) in [5.41, 5.74) is 11.5. The molecule has 0 N–H and O–H groups in total. The van der Waals surface area contributed by atoms with Gasteiger partial charge in [0.05, 0.1) is 35.9 Å². The van der Waals surface area contributed by atoms with Gasteiger partial charge in [0.1, 0.15) is 14.1 Å². The van der Waals surface area contributed by atoms with Crippen LogP contribution in [0.1, 0.15) is 19.8 Å². The third-order valence-electron chi connectivity index (χ3n) is 11.9. The number of ether oxygens (including phenoxy) is 2. The van der Waals surface area contributed by atoms with Crippen LogP contribution in [-0.4, -0.2) is 23.7 Å². The third kappa shape index (κ3) is 6.70. The van der Waals surface area contributed by atoms with Crippen molar-refractivity contribution in [3.05, 3.63) is 170 Å². The molecule has 10 rings (SSSR count). The molecule has 0 fully saturated rings. The number of fused-ring (bicyclic) bond motifs is 4. The fourth-order valence-electron chi connectivity index (χ4n) is 8.96. The van der Waals surface area contributed by atoms with E-state index in [-0.39, 0.29) is 0 Å². The highest BCUT2D eigenvalue weighted by molar-refractivity contribution is 6.25. The number of hydrogen-bond donors (Lipinski definition) is 0. The lowest BCUT2D eigenvalue weighted by molar-refractivity contribution is -0.645. The summed E-state index contributed by atoms with van der Waals surface area (Å²) < 4.78 is 16.8. The molecule has 6 heteroatoms. The van der Waals surface area contributed by atoms with Gasteiger partial charge in [-0.25, -0.2) is 9.97 Å². The number of benzene rings is 7. The molecule has 0 saturated carbocycles. The summed E-state index contributed by atoms with van der Waals surface area (Å²) in [5, 5.41) is 6.86. The van der Waals surface area contributed by atoms with E-state index in [0.717, 1.165) is 107 Å². The Labute approximate surface area is 356 Å². The normalized spacial score (nSPS) is 11.5. The van der Waals surface area contributed by atoms with Crippen molar-refractivity contribution in [2.75, 3.05) is 13.7 Å². The molecule has 0 amide bonds. The van der Waals surface area contributed by atoms with Crippen LogP contribution in [-0.2, 0) is 14.1 Å². The number of rotatable bonds is 10. The molecule has 3 aromatic heterocycles. The maximum absolute atomic E-state index is 6.46. The van der Waals surface area contributed by atoms with Gasteiger partial charge in [-0.15, -0.1) is 0 Å². The van der Waals surface area contributed by atoms with E-state index in [9.17, 15) is 0 Å². The van der Waals surface area contributed by atoms with Crippen LogP contribution in [0.4, 0.5) is 0 Å². The summed E-state index contributed by atoms with van der Waals surface area (Å²) >= 11 is 0. The van der Waals surface area contributed by atoms with Crippen LogP contribution < -0.4 is 18.6 Å². The Bertz CT molecular complexity index is 3220. The van der Waals surface area contributed by atoms with Crippen molar-refractivity contribution < 1.29 is 18.6 Å². The molecule has 7 aromatic carbocycles. The first-order valence-corrected chi connectivity index (χ1v) is 21.0. The summed E-state index contributed by atoms with van der Waals surface area (Å²) in [4.78, 5) is 10.4. The molecule has 61 heavy (non-hydrogen) atoms. The number of methoxy groups -OCH3 is 1. The first-order valence-electron chi connectivity index (χ1n) is 21.0. The van der Waals surface area contributed by atoms with Crippen molar-refractivity contribution >= 4 is 43.4 Å². The van der Waals surface area contributed by atoms with Crippen LogP contribution in [0.25, 0.3) is 99.5 Å². The van der Waals surface area contributed by atoms with Gasteiger partial charge in [-0.05, 0) is 98.8 Å². The summed E-state index contributed by atoms with van der Waals surface area (Å²) in [6, 6.07) is 55.9. The van der Waals surface area contributed by atoms with Crippen LogP contribution >= 0.6 is 0 Å². The Hall–Kier alpha value is -7.44. The molecule has 296 valence electrons. The molecule has 3 heterocycles. The van der Waals surface area contributed by atoms with Gasteiger partial charge in [0.2, 0.25) is 0 Å². The smallest absolute Gasteiger partial charge is 0.255 e. The summed E-state index contributed by atoms with van der Waals surface area (Å²) in [6.45, 7) is 2.87. The van der Waals surface area contributed by atoms with Crippen LogP contribution in [0, 0.1) is 0 Å². The van der Waals surface area contributed by atoms with Crippen molar-refractivity contribution in [3.63, 3.8) is 0 Å². The average molecular weight is 795 g/mol. The Balaban J connectivity index is 1.32. The van der Waals surface area contributed by atoms with Crippen molar-refractivity contribution in [3.8, 4) is 67.7 Å². The lowest BCUT2D eigenvalue weighted by Crippen LogP contribution is -2.28.